The molecule has 0 amide bonds. The topological polar surface area (TPSA) is 43.6 Å². The van der Waals surface area contributed by atoms with E-state index in [-0.39, 0.29) is 0 Å². The van der Waals surface area contributed by atoms with Crippen LogP contribution in [0.4, 0.5) is 0 Å². The summed E-state index contributed by atoms with van der Waals surface area (Å²) in [5.41, 5.74) is 18.0. The van der Waals surface area contributed by atoms with Crippen molar-refractivity contribution in [3.63, 3.8) is 0 Å². The Hall–Kier alpha value is -8.69. The first-order valence-corrected chi connectivity index (χ1v) is 24.3. The van der Waals surface area contributed by atoms with Crippen molar-refractivity contribution in [3.05, 3.63) is 235 Å². The second kappa shape index (κ2) is 17.2. The number of benzene rings is 8. The summed E-state index contributed by atoms with van der Waals surface area (Å²) in [6, 6.07) is 71.4. The number of para-hydroxylation sites is 1. The first-order valence-electron chi connectivity index (χ1n) is 23.5. The Kier molecular flexibility index (Phi) is 10.1. The van der Waals surface area contributed by atoms with Crippen LogP contribution < -0.4 is 0 Å². The zero-order valence-electron chi connectivity index (χ0n) is 37.6. The summed E-state index contributed by atoms with van der Waals surface area (Å²) in [6.07, 6.45) is 8.74. The lowest BCUT2D eigenvalue weighted by Crippen LogP contribution is -2.10. The molecule has 5 heteroatoms. The van der Waals surface area contributed by atoms with E-state index in [1.54, 1.807) is 0 Å². The molecule has 324 valence electrons. The summed E-state index contributed by atoms with van der Waals surface area (Å²) in [5.74, 6) is 8.53. The van der Waals surface area contributed by atoms with Crippen LogP contribution in [0, 0.1) is 11.8 Å². The number of rotatable bonds is 8. The van der Waals surface area contributed by atoms with Crippen LogP contribution >= 0.6 is 11.3 Å². The van der Waals surface area contributed by atoms with Gasteiger partial charge in [0.1, 0.15) is 0 Å². The van der Waals surface area contributed by atoms with Gasteiger partial charge in [-0.3, -0.25) is 0 Å². The zero-order valence-corrected chi connectivity index (χ0v) is 38.4. The van der Waals surface area contributed by atoms with Crippen LogP contribution in [0.1, 0.15) is 22.6 Å². The predicted octanol–water partition coefficient (Wildman–Crippen LogP) is 16.1. The van der Waals surface area contributed by atoms with Crippen LogP contribution in [0.2, 0.25) is 0 Å². The van der Waals surface area contributed by atoms with Gasteiger partial charge in [-0.2, -0.15) is 0 Å². The summed E-state index contributed by atoms with van der Waals surface area (Å²) >= 11 is 1.94. The van der Waals surface area contributed by atoms with Gasteiger partial charge in [-0.05, 0) is 94.8 Å². The molecule has 0 spiro atoms. The molecular formula is C64H42N4S. The fourth-order valence-corrected chi connectivity index (χ4v) is 11.5. The fraction of sp³-hybridized carbons (Fsp3) is 0.0469. The number of thiophene rings is 1. The summed E-state index contributed by atoms with van der Waals surface area (Å²) in [5, 5.41) is 2.60. The van der Waals surface area contributed by atoms with Crippen molar-refractivity contribution in [2.45, 2.75) is 19.3 Å². The van der Waals surface area contributed by atoms with Gasteiger partial charge in [-0.1, -0.05) is 182 Å². The van der Waals surface area contributed by atoms with Crippen molar-refractivity contribution >= 4 is 37.9 Å². The van der Waals surface area contributed by atoms with Crippen LogP contribution in [-0.4, -0.2) is 19.5 Å². The van der Waals surface area contributed by atoms with Crippen molar-refractivity contribution in [3.8, 4) is 96.2 Å². The number of allylic oxidation sites excluding steroid dienone is 4. The van der Waals surface area contributed by atoms with Gasteiger partial charge in [-0.15, -0.1) is 11.3 Å². The van der Waals surface area contributed by atoms with E-state index in [4.69, 9.17) is 15.0 Å². The lowest BCUT2D eigenvalue weighted by Gasteiger charge is -2.24. The van der Waals surface area contributed by atoms with Crippen LogP contribution in [-0.2, 0) is 12.8 Å². The molecule has 0 atom stereocenters. The number of nitrogens with zero attached hydrogens (tertiary/aromatic N) is 4. The minimum Gasteiger partial charge on any atom is -0.312 e. The second-order valence-corrected chi connectivity index (χ2v) is 18.7. The van der Waals surface area contributed by atoms with E-state index >= 15 is 0 Å². The molecule has 13 rings (SSSR count). The summed E-state index contributed by atoms with van der Waals surface area (Å²) in [7, 11) is 0. The van der Waals surface area contributed by atoms with Crippen molar-refractivity contribution < 1.29 is 0 Å². The third-order valence-corrected chi connectivity index (χ3v) is 14.7. The van der Waals surface area contributed by atoms with E-state index in [2.05, 4.69) is 211 Å². The SMILES string of the molecule is C1#CCC(c2cc(-c3nc(-c4ccccc4)nc(-c4cc(-c5ccccc5)cc(-c5ccccc5)c4)n3)cc(-c3ccccc3)c2-n2c3c(c4ccccc42)-c2c(sc4ccccc24)CC3)=CC=C1. The summed E-state index contributed by atoms with van der Waals surface area (Å²) in [6.45, 7) is 0. The van der Waals surface area contributed by atoms with Gasteiger partial charge in [0, 0.05) is 71.4 Å². The molecular weight excluding hydrogens is 857 g/mol. The Morgan fingerprint density at radius 2 is 0.986 bits per heavy atom. The molecule has 4 nitrogen and oxygen atoms in total. The van der Waals surface area contributed by atoms with Gasteiger partial charge in [0.2, 0.25) is 0 Å². The minimum atomic E-state index is 0.588. The van der Waals surface area contributed by atoms with Gasteiger partial charge in [0.05, 0.1) is 11.2 Å². The van der Waals surface area contributed by atoms with Gasteiger partial charge in [0.15, 0.2) is 17.5 Å². The summed E-state index contributed by atoms with van der Waals surface area (Å²) in [4.78, 5) is 17.6. The average molecular weight is 899 g/mol. The molecule has 0 bridgehead atoms. The highest BCUT2D eigenvalue weighted by molar-refractivity contribution is 7.19. The first-order chi connectivity index (χ1) is 34.2. The molecule has 0 fully saturated rings. The smallest absolute Gasteiger partial charge is 0.164 e. The fourth-order valence-electron chi connectivity index (χ4n) is 10.3. The predicted molar refractivity (Wildman–Crippen MR) is 287 cm³/mol. The maximum absolute atomic E-state index is 5.48. The van der Waals surface area contributed by atoms with E-state index in [0.717, 1.165) is 79.7 Å². The van der Waals surface area contributed by atoms with Gasteiger partial charge >= 0.3 is 0 Å². The third kappa shape index (κ3) is 7.30. The lowest BCUT2D eigenvalue weighted by atomic mass is 9.90. The third-order valence-electron chi connectivity index (χ3n) is 13.4. The highest BCUT2D eigenvalue weighted by Crippen LogP contribution is 2.51. The van der Waals surface area contributed by atoms with Crippen LogP contribution in [0.5, 0.6) is 0 Å². The molecule has 0 N–H and O–H groups in total. The molecule has 3 heterocycles. The van der Waals surface area contributed by atoms with Crippen molar-refractivity contribution in [2.24, 2.45) is 0 Å². The van der Waals surface area contributed by atoms with E-state index in [9.17, 15) is 0 Å². The van der Waals surface area contributed by atoms with Crippen molar-refractivity contribution in [1.29, 1.82) is 0 Å². The monoisotopic (exact) mass is 898 g/mol. The summed E-state index contributed by atoms with van der Waals surface area (Å²) < 4.78 is 3.92. The molecule has 2 aliphatic carbocycles. The van der Waals surface area contributed by atoms with E-state index in [1.165, 1.54) is 42.7 Å². The lowest BCUT2D eigenvalue weighted by molar-refractivity contribution is 0.878. The molecule has 0 unspecified atom stereocenters. The number of aryl methyl sites for hydroxylation is 1. The molecule has 0 aliphatic heterocycles. The average Bonchev–Trinajstić information content (AvgIpc) is 3.83. The highest BCUT2D eigenvalue weighted by Gasteiger charge is 2.31. The quantitative estimate of drug-likeness (QED) is 0.143. The number of hydrogen-bond acceptors (Lipinski definition) is 4. The highest BCUT2D eigenvalue weighted by atomic mass is 32.1. The largest absolute Gasteiger partial charge is 0.312 e. The Morgan fingerprint density at radius 3 is 1.67 bits per heavy atom. The molecule has 2 aliphatic rings. The van der Waals surface area contributed by atoms with Crippen LogP contribution in [0.3, 0.4) is 0 Å². The van der Waals surface area contributed by atoms with Gasteiger partial charge in [0.25, 0.3) is 0 Å². The van der Waals surface area contributed by atoms with E-state index in [0.29, 0.717) is 23.9 Å². The molecule has 0 saturated carbocycles. The van der Waals surface area contributed by atoms with Gasteiger partial charge < -0.3 is 4.57 Å². The Labute approximate surface area is 405 Å². The maximum atomic E-state index is 5.48. The number of aromatic nitrogens is 4. The Bertz CT molecular complexity index is 3850. The van der Waals surface area contributed by atoms with Crippen molar-refractivity contribution in [1.82, 2.24) is 19.5 Å². The number of hydrogen-bond donors (Lipinski definition) is 0. The molecule has 8 aromatic carbocycles. The molecule has 3 aromatic heterocycles. The minimum absolute atomic E-state index is 0.588. The van der Waals surface area contributed by atoms with E-state index < -0.39 is 0 Å². The first kappa shape index (κ1) is 40.6. The van der Waals surface area contributed by atoms with Crippen LogP contribution in [0.15, 0.2) is 218 Å². The van der Waals surface area contributed by atoms with Crippen LogP contribution in [0.25, 0.3) is 111 Å². The molecule has 0 radical (unpaired) electrons. The zero-order chi connectivity index (χ0) is 45.7. The Morgan fingerprint density at radius 1 is 0.449 bits per heavy atom. The normalized spacial score (nSPS) is 12.8. The van der Waals surface area contributed by atoms with E-state index in [1.807, 2.05) is 35.6 Å². The van der Waals surface area contributed by atoms with Crippen molar-refractivity contribution in [2.75, 3.05) is 0 Å². The standard InChI is InChI=1S/C64H42N4S/c1-2-8-26-44(25-7-1)53-40-50(64-66-62(46-29-15-6-16-30-46)65-63(67-64)49-38-47(42-21-9-3-10-22-42)37-48(39-49)43-23-11-4-12-24-43)41-54(45-27-13-5-14-28-45)61(53)68-55-33-19-17-31-51(55)59-56(68)35-36-58-60(59)52-32-18-20-34-57(52)69-58/h1,3-7,9-25,27-34,37-41H,26,35-36H2. The molecule has 69 heavy (non-hydrogen) atoms. The molecule has 0 saturated heterocycles. The second-order valence-electron chi connectivity index (χ2n) is 17.6. The Balaban J connectivity index is 1.10. The molecule has 11 aromatic rings. The van der Waals surface area contributed by atoms with Gasteiger partial charge in [-0.25, -0.2) is 15.0 Å². The maximum Gasteiger partial charge on any atom is 0.164 e. The number of fused-ring (bicyclic) bond motifs is 7.